The highest BCUT2D eigenvalue weighted by Gasteiger charge is 2.18. The van der Waals surface area contributed by atoms with E-state index in [4.69, 9.17) is 19.0 Å². The molecule has 0 bridgehead atoms. The normalized spacial score (nSPS) is 14.2. The summed E-state index contributed by atoms with van der Waals surface area (Å²) >= 11 is 0. The molecule has 2 rings (SSSR count). The van der Waals surface area contributed by atoms with Crippen molar-refractivity contribution in [2.45, 2.75) is 39.3 Å². The van der Waals surface area contributed by atoms with Crippen molar-refractivity contribution in [1.82, 2.24) is 10.8 Å². The molecule has 1 aromatic rings. The summed E-state index contributed by atoms with van der Waals surface area (Å²) in [5.74, 6) is 1.21. The minimum atomic E-state index is -0.577. The molecule has 3 amide bonds. The molecule has 0 spiro atoms. The van der Waals surface area contributed by atoms with E-state index in [0.717, 1.165) is 0 Å². The Balaban J connectivity index is 1.69. The van der Waals surface area contributed by atoms with Crippen molar-refractivity contribution in [1.29, 1.82) is 0 Å². The van der Waals surface area contributed by atoms with Gasteiger partial charge in [-0.1, -0.05) is 0 Å². The molecule has 1 heterocycles. The van der Waals surface area contributed by atoms with Crippen molar-refractivity contribution in [2.24, 2.45) is 0 Å². The van der Waals surface area contributed by atoms with E-state index in [1.54, 1.807) is 45.9 Å². The predicted octanol–water partition coefficient (Wildman–Crippen LogP) is 2.42. The van der Waals surface area contributed by atoms with Crippen molar-refractivity contribution in [3.05, 3.63) is 18.2 Å². The third-order valence-corrected chi connectivity index (χ3v) is 3.06. The molecule has 9 nitrogen and oxygen atoms in total. The molecule has 1 aliphatic rings. The summed E-state index contributed by atoms with van der Waals surface area (Å²) in [4.78, 5) is 28.5. The van der Waals surface area contributed by atoms with E-state index in [-0.39, 0.29) is 12.6 Å². The third-order valence-electron chi connectivity index (χ3n) is 3.06. The average Bonchev–Trinajstić information content (AvgIpc) is 2.52. The van der Waals surface area contributed by atoms with Crippen LogP contribution in [-0.2, 0) is 9.57 Å². The van der Waals surface area contributed by atoms with E-state index >= 15 is 0 Å². The van der Waals surface area contributed by atoms with Crippen LogP contribution in [0.15, 0.2) is 18.2 Å². The molecule has 1 aliphatic heterocycles. The van der Waals surface area contributed by atoms with Crippen LogP contribution in [0.5, 0.6) is 11.5 Å². The first-order valence-corrected chi connectivity index (χ1v) is 8.31. The number of hydrogen-bond donors (Lipinski definition) is 3. The number of ether oxygens (including phenoxy) is 3. The smallest absolute Gasteiger partial charge is 0.407 e. The van der Waals surface area contributed by atoms with Crippen molar-refractivity contribution < 1.29 is 28.6 Å². The highest BCUT2D eigenvalue weighted by Crippen LogP contribution is 2.32. The number of nitrogens with one attached hydrogen (secondary N) is 3. The first kappa shape index (κ1) is 19.6. The second-order valence-electron chi connectivity index (χ2n) is 6.77. The first-order valence-electron chi connectivity index (χ1n) is 8.31. The Morgan fingerprint density at radius 3 is 2.58 bits per heavy atom. The molecule has 144 valence electrons. The minimum Gasteiger partial charge on any atom is -0.486 e. The maximum atomic E-state index is 11.8. The first-order chi connectivity index (χ1) is 12.2. The summed E-state index contributed by atoms with van der Waals surface area (Å²) in [6, 6.07) is 4.18. The van der Waals surface area contributed by atoms with Crippen LogP contribution in [0.2, 0.25) is 0 Å². The average molecular weight is 367 g/mol. The number of anilines is 1. The molecule has 0 radical (unpaired) electrons. The lowest BCUT2D eigenvalue weighted by atomic mass is 10.2. The summed E-state index contributed by atoms with van der Waals surface area (Å²) < 4.78 is 16.0. The predicted molar refractivity (Wildman–Crippen MR) is 94.4 cm³/mol. The van der Waals surface area contributed by atoms with Crippen LogP contribution in [0.4, 0.5) is 15.3 Å². The standard InChI is InChI=1S/C17H25N3O6/c1-11(18-16(22)26-17(2,3)4)10-25-20-15(21)19-12-5-6-13-14(9-12)24-8-7-23-13/h5-6,9,11H,7-8,10H2,1-4H3,(H,18,22)(H2,19,20,21)/t11-/m1/s1. The lowest BCUT2D eigenvalue weighted by molar-refractivity contribution is 0.0343. The lowest BCUT2D eigenvalue weighted by Gasteiger charge is -2.21. The number of hydroxylamine groups is 1. The highest BCUT2D eigenvalue weighted by atomic mass is 16.7. The van der Waals surface area contributed by atoms with E-state index < -0.39 is 17.7 Å². The summed E-state index contributed by atoms with van der Waals surface area (Å²) in [5, 5.41) is 5.22. The quantitative estimate of drug-likeness (QED) is 0.690. The second kappa shape index (κ2) is 8.61. The van der Waals surface area contributed by atoms with Crippen molar-refractivity contribution in [2.75, 3.05) is 25.1 Å². The molecule has 26 heavy (non-hydrogen) atoms. The van der Waals surface area contributed by atoms with Crippen LogP contribution in [0.1, 0.15) is 27.7 Å². The van der Waals surface area contributed by atoms with Gasteiger partial charge in [0.25, 0.3) is 0 Å². The number of benzene rings is 1. The Hall–Kier alpha value is -2.68. The summed E-state index contributed by atoms with van der Waals surface area (Å²) in [6.45, 7) is 8.10. The highest BCUT2D eigenvalue weighted by molar-refractivity contribution is 5.88. The van der Waals surface area contributed by atoms with Crippen molar-refractivity contribution in [3.63, 3.8) is 0 Å². The number of alkyl carbamates (subject to hydrolysis) is 1. The number of rotatable bonds is 5. The van der Waals surface area contributed by atoms with Crippen LogP contribution in [-0.4, -0.2) is 43.6 Å². The van der Waals surface area contributed by atoms with Gasteiger partial charge in [-0.15, -0.1) is 0 Å². The number of urea groups is 1. The molecular weight excluding hydrogens is 342 g/mol. The van der Waals surface area contributed by atoms with Gasteiger partial charge in [0.15, 0.2) is 11.5 Å². The topological polar surface area (TPSA) is 107 Å². The van der Waals surface area contributed by atoms with Gasteiger partial charge in [-0.3, -0.25) is 4.84 Å². The van der Waals surface area contributed by atoms with E-state index in [2.05, 4.69) is 16.1 Å². The van der Waals surface area contributed by atoms with Gasteiger partial charge >= 0.3 is 12.1 Å². The summed E-state index contributed by atoms with van der Waals surface area (Å²) in [7, 11) is 0. The summed E-state index contributed by atoms with van der Waals surface area (Å²) in [6.07, 6.45) is -0.547. The van der Waals surface area contributed by atoms with Crippen LogP contribution < -0.4 is 25.6 Å². The van der Waals surface area contributed by atoms with E-state index in [0.29, 0.717) is 30.4 Å². The van der Waals surface area contributed by atoms with Crippen LogP contribution in [0.25, 0.3) is 0 Å². The van der Waals surface area contributed by atoms with Gasteiger partial charge in [0, 0.05) is 11.8 Å². The summed E-state index contributed by atoms with van der Waals surface area (Å²) in [5.41, 5.74) is 2.21. The SMILES string of the molecule is C[C@H](CONC(=O)Nc1ccc2c(c1)OCCO2)NC(=O)OC(C)(C)C. The number of amides is 3. The number of carbonyl (C=O) groups excluding carboxylic acids is 2. The van der Waals surface area contributed by atoms with Crippen molar-refractivity contribution in [3.8, 4) is 11.5 Å². The Bertz CT molecular complexity index is 644. The van der Waals surface area contributed by atoms with Gasteiger partial charge in [-0.05, 0) is 39.8 Å². The molecule has 0 aliphatic carbocycles. The molecule has 0 saturated heterocycles. The number of carbonyl (C=O) groups is 2. The number of hydrogen-bond acceptors (Lipinski definition) is 6. The van der Waals surface area contributed by atoms with Crippen LogP contribution in [0.3, 0.4) is 0 Å². The van der Waals surface area contributed by atoms with Gasteiger partial charge in [0.05, 0.1) is 12.6 Å². The van der Waals surface area contributed by atoms with Gasteiger partial charge in [0.1, 0.15) is 18.8 Å². The van der Waals surface area contributed by atoms with E-state index in [1.165, 1.54) is 0 Å². The monoisotopic (exact) mass is 367 g/mol. The van der Waals surface area contributed by atoms with Crippen LogP contribution in [0, 0.1) is 0 Å². The van der Waals surface area contributed by atoms with Gasteiger partial charge in [-0.25, -0.2) is 15.1 Å². The lowest BCUT2D eigenvalue weighted by Crippen LogP contribution is -2.41. The molecular formula is C17H25N3O6. The van der Waals surface area contributed by atoms with Gasteiger partial charge in [-0.2, -0.15) is 0 Å². The molecule has 1 atom stereocenters. The van der Waals surface area contributed by atoms with Crippen molar-refractivity contribution >= 4 is 17.8 Å². The fraction of sp³-hybridized carbons (Fsp3) is 0.529. The Morgan fingerprint density at radius 2 is 1.88 bits per heavy atom. The number of fused-ring (bicyclic) bond motifs is 1. The van der Waals surface area contributed by atoms with E-state index in [9.17, 15) is 9.59 Å². The fourth-order valence-electron chi connectivity index (χ4n) is 2.06. The zero-order valence-electron chi connectivity index (χ0n) is 15.4. The molecule has 0 aromatic heterocycles. The van der Waals surface area contributed by atoms with E-state index in [1.807, 2.05) is 0 Å². The zero-order valence-corrected chi connectivity index (χ0v) is 15.4. The second-order valence-corrected chi connectivity index (χ2v) is 6.77. The maximum absolute atomic E-state index is 11.8. The Labute approximate surface area is 152 Å². The third kappa shape index (κ3) is 6.67. The fourth-order valence-corrected chi connectivity index (χ4v) is 2.06. The maximum Gasteiger partial charge on any atom is 0.407 e. The van der Waals surface area contributed by atoms with Crippen LogP contribution >= 0.6 is 0 Å². The Morgan fingerprint density at radius 1 is 1.19 bits per heavy atom. The molecule has 0 fully saturated rings. The molecule has 9 heteroatoms. The largest absolute Gasteiger partial charge is 0.486 e. The van der Waals surface area contributed by atoms with Gasteiger partial charge in [0.2, 0.25) is 0 Å². The molecule has 1 aromatic carbocycles. The zero-order chi connectivity index (χ0) is 19.2. The molecule has 0 saturated carbocycles. The molecule has 0 unspecified atom stereocenters. The van der Waals surface area contributed by atoms with Gasteiger partial charge < -0.3 is 24.8 Å². The Kier molecular flexibility index (Phi) is 6.51. The molecule has 3 N–H and O–H groups in total. The minimum absolute atomic E-state index is 0.0772.